The van der Waals surface area contributed by atoms with Crippen molar-refractivity contribution in [1.29, 1.82) is 0 Å². The first-order chi connectivity index (χ1) is 12.4. The number of likely N-dealkylation sites (N-methyl/N-ethyl adjacent to an activating group) is 1. The number of anilines is 1. The van der Waals surface area contributed by atoms with Crippen LogP contribution in [0.25, 0.3) is 0 Å². The number of urea groups is 1. The number of hydrogen-bond acceptors (Lipinski definition) is 2. The Morgan fingerprint density at radius 3 is 2.35 bits per heavy atom. The van der Waals surface area contributed by atoms with Crippen LogP contribution in [-0.2, 0) is 11.2 Å². The van der Waals surface area contributed by atoms with Crippen molar-refractivity contribution in [2.24, 2.45) is 0 Å². The van der Waals surface area contributed by atoms with Crippen LogP contribution in [0.4, 0.5) is 14.9 Å². The fourth-order valence-electron chi connectivity index (χ4n) is 2.62. The Morgan fingerprint density at radius 2 is 1.69 bits per heavy atom. The van der Waals surface area contributed by atoms with E-state index in [1.807, 2.05) is 32.0 Å². The number of nitrogens with zero attached hydrogens (tertiary/aromatic N) is 1. The molecule has 0 bridgehead atoms. The smallest absolute Gasteiger partial charge is 0.317 e. The van der Waals surface area contributed by atoms with Gasteiger partial charge >= 0.3 is 6.03 Å². The van der Waals surface area contributed by atoms with Crippen LogP contribution in [0.2, 0.25) is 0 Å². The standard InChI is InChI=1S/C20H24FN3O2/c1-14-7-6-8-15(2)19(14)23-18(25)13-24(3)20(26)22-12-11-16-9-4-5-10-17(16)21/h4-10H,11-13H2,1-3H3,(H,22,26)(H,23,25). The minimum absolute atomic E-state index is 0.0701. The first-order valence-corrected chi connectivity index (χ1v) is 8.47. The second-order valence-electron chi connectivity index (χ2n) is 6.24. The summed E-state index contributed by atoms with van der Waals surface area (Å²) in [5, 5.41) is 5.53. The molecule has 0 unspecified atom stereocenters. The Hall–Kier alpha value is -2.89. The number of benzene rings is 2. The van der Waals surface area contributed by atoms with Gasteiger partial charge < -0.3 is 15.5 Å². The summed E-state index contributed by atoms with van der Waals surface area (Å²) in [5.74, 6) is -0.558. The van der Waals surface area contributed by atoms with Crippen molar-refractivity contribution in [2.75, 3.05) is 25.5 Å². The maximum absolute atomic E-state index is 13.5. The molecule has 5 nitrogen and oxygen atoms in total. The summed E-state index contributed by atoms with van der Waals surface area (Å²) in [7, 11) is 1.54. The van der Waals surface area contributed by atoms with E-state index in [0.29, 0.717) is 18.5 Å². The Morgan fingerprint density at radius 1 is 1.04 bits per heavy atom. The van der Waals surface area contributed by atoms with Crippen LogP contribution in [0.5, 0.6) is 0 Å². The van der Waals surface area contributed by atoms with Crippen molar-refractivity contribution in [3.63, 3.8) is 0 Å². The van der Waals surface area contributed by atoms with E-state index in [1.165, 1.54) is 11.0 Å². The highest BCUT2D eigenvalue weighted by molar-refractivity contribution is 5.95. The van der Waals surface area contributed by atoms with Gasteiger partial charge in [-0.3, -0.25) is 4.79 Å². The number of aryl methyl sites for hydroxylation is 2. The molecule has 2 aromatic rings. The lowest BCUT2D eigenvalue weighted by molar-refractivity contribution is -0.116. The fraction of sp³-hybridized carbons (Fsp3) is 0.300. The molecule has 0 saturated heterocycles. The van der Waals surface area contributed by atoms with Crippen molar-refractivity contribution in [3.05, 3.63) is 65.0 Å². The van der Waals surface area contributed by atoms with Crippen LogP contribution < -0.4 is 10.6 Å². The second kappa shape index (κ2) is 8.99. The fourth-order valence-corrected chi connectivity index (χ4v) is 2.62. The average molecular weight is 357 g/mol. The van der Waals surface area contributed by atoms with E-state index in [9.17, 15) is 14.0 Å². The van der Waals surface area contributed by atoms with E-state index in [4.69, 9.17) is 0 Å². The Labute approximate surface area is 153 Å². The zero-order chi connectivity index (χ0) is 19.1. The maximum Gasteiger partial charge on any atom is 0.317 e. The van der Waals surface area contributed by atoms with Gasteiger partial charge in [-0.25, -0.2) is 9.18 Å². The van der Waals surface area contributed by atoms with Gasteiger partial charge in [0.25, 0.3) is 0 Å². The van der Waals surface area contributed by atoms with E-state index >= 15 is 0 Å². The summed E-state index contributed by atoms with van der Waals surface area (Å²) < 4.78 is 13.5. The van der Waals surface area contributed by atoms with E-state index < -0.39 is 0 Å². The molecule has 0 atom stereocenters. The van der Waals surface area contributed by atoms with Gasteiger partial charge in [0.05, 0.1) is 0 Å². The van der Waals surface area contributed by atoms with Crippen molar-refractivity contribution in [2.45, 2.75) is 20.3 Å². The van der Waals surface area contributed by atoms with Crippen molar-refractivity contribution < 1.29 is 14.0 Å². The van der Waals surface area contributed by atoms with Gasteiger partial charge in [-0.2, -0.15) is 0 Å². The molecule has 0 aliphatic heterocycles. The minimum Gasteiger partial charge on any atom is -0.338 e. The largest absolute Gasteiger partial charge is 0.338 e. The van der Waals surface area contributed by atoms with Gasteiger partial charge in [-0.05, 0) is 43.0 Å². The minimum atomic E-state index is -0.377. The predicted molar refractivity (Wildman–Crippen MR) is 101 cm³/mol. The lowest BCUT2D eigenvalue weighted by atomic mass is 10.1. The van der Waals surface area contributed by atoms with Crippen molar-refractivity contribution >= 4 is 17.6 Å². The molecule has 2 rings (SSSR count). The molecule has 0 spiro atoms. The van der Waals surface area contributed by atoms with Gasteiger partial charge in [0, 0.05) is 19.3 Å². The molecule has 6 heteroatoms. The molecular formula is C20H24FN3O2. The maximum atomic E-state index is 13.5. The first kappa shape index (κ1) is 19.4. The molecule has 0 fully saturated rings. The molecule has 2 N–H and O–H groups in total. The molecule has 0 saturated carbocycles. The third-order valence-corrected chi connectivity index (χ3v) is 4.10. The molecule has 0 aliphatic carbocycles. The summed E-state index contributed by atoms with van der Waals surface area (Å²) in [6, 6.07) is 11.8. The normalized spacial score (nSPS) is 10.3. The summed E-state index contributed by atoms with van der Waals surface area (Å²) in [6.45, 7) is 4.06. The predicted octanol–water partition coefficient (Wildman–Crippen LogP) is 3.27. The Kier molecular flexibility index (Phi) is 6.72. The quantitative estimate of drug-likeness (QED) is 0.834. The molecule has 0 heterocycles. The van der Waals surface area contributed by atoms with E-state index in [0.717, 1.165) is 16.8 Å². The third-order valence-electron chi connectivity index (χ3n) is 4.10. The number of rotatable bonds is 6. The van der Waals surface area contributed by atoms with E-state index in [1.54, 1.807) is 25.2 Å². The molecular weight excluding hydrogens is 333 g/mol. The van der Waals surface area contributed by atoms with E-state index in [-0.39, 0.29) is 24.3 Å². The van der Waals surface area contributed by atoms with Crippen molar-refractivity contribution in [3.8, 4) is 0 Å². The Balaban J connectivity index is 1.81. The summed E-state index contributed by atoms with van der Waals surface area (Å²) in [4.78, 5) is 25.6. The first-order valence-electron chi connectivity index (χ1n) is 8.47. The molecule has 138 valence electrons. The number of carbonyl (C=O) groups is 2. The highest BCUT2D eigenvalue weighted by Crippen LogP contribution is 2.19. The van der Waals surface area contributed by atoms with Crippen molar-refractivity contribution in [1.82, 2.24) is 10.2 Å². The number of amides is 3. The molecule has 0 aromatic heterocycles. The number of carbonyl (C=O) groups excluding carboxylic acids is 2. The molecule has 2 aromatic carbocycles. The van der Waals surface area contributed by atoms with Gasteiger partial charge in [0.15, 0.2) is 0 Å². The monoisotopic (exact) mass is 357 g/mol. The summed E-state index contributed by atoms with van der Waals surface area (Å²) in [5.41, 5.74) is 3.25. The van der Waals surface area contributed by atoms with Crippen LogP contribution in [0.3, 0.4) is 0 Å². The number of halogens is 1. The lowest BCUT2D eigenvalue weighted by Crippen LogP contribution is -2.42. The summed E-state index contributed by atoms with van der Waals surface area (Å²) >= 11 is 0. The van der Waals surface area contributed by atoms with Crippen LogP contribution in [-0.4, -0.2) is 37.0 Å². The summed E-state index contributed by atoms with van der Waals surface area (Å²) in [6.07, 6.45) is 0.390. The topological polar surface area (TPSA) is 61.4 Å². The van der Waals surface area contributed by atoms with Crippen LogP contribution in [0.15, 0.2) is 42.5 Å². The van der Waals surface area contributed by atoms with Crippen LogP contribution in [0.1, 0.15) is 16.7 Å². The zero-order valence-corrected chi connectivity index (χ0v) is 15.3. The average Bonchev–Trinajstić information content (AvgIpc) is 2.59. The van der Waals surface area contributed by atoms with Gasteiger partial charge in [-0.15, -0.1) is 0 Å². The molecule has 3 amide bonds. The Bertz CT molecular complexity index is 772. The SMILES string of the molecule is Cc1cccc(C)c1NC(=O)CN(C)C(=O)NCCc1ccccc1F. The van der Waals surface area contributed by atoms with Gasteiger partial charge in [-0.1, -0.05) is 36.4 Å². The number of nitrogens with one attached hydrogen (secondary N) is 2. The van der Waals surface area contributed by atoms with E-state index in [2.05, 4.69) is 10.6 Å². The second-order valence-corrected chi connectivity index (χ2v) is 6.24. The highest BCUT2D eigenvalue weighted by Gasteiger charge is 2.14. The molecule has 0 radical (unpaired) electrons. The van der Waals surface area contributed by atoms with Gasteiger partial charge in [0.1, 0.15) is 12.4 Å². The molecule has 0 aliphatic rings. The highest BCUT2D eigenvalue weighted by atomic mass is 19.1. The van der Waals surface area contributed by atoms with Gasteiger partial charge in [0.2, 0.25) is 5.91 Å². The zero-order valence-electron chi connectivity index (χ0n) is 15.3. The van der Waals surface area contributed by atoms with Crippen LogP contribution >= 0.6 is 0 Å². The molecule has 26 heavy (non-hydrogen) atoms. The lowest BCUT2D eigenvalue weighted by Gasteiger charge is -2.18. The number of hydrogen-bond donors (Lipinski definition) is 2. The van der Waals surface area contributed by atoms with Crippen LogP contribution in [0, 0.1) is 19.7 Å². The number of para-hydroxylation sites is 1. The third kappa shape index (κ3) is 5.31.